The molecule has 2 N–H and O–H groups in total. The molecule has 0 fully saturated rings. The third-order valence-corrected chi connectivity index (χ3v) is 6.21. The number of nitrogens with zero attached hydrogens (tertiary/aromatic N) is 3. The van der Waals surface area contributed by atoms with E-state index in [1.165, 1.54) is 32.4 Å². The van der Waals surface area contributed by atoms with Gasteiger partial charge in [0.25, 0.3) is 0 Å². The third-order valence-electron chi connectivity index (χ3n) is 4.41. The van der Waals surface area contributed by atoms with Crippen molar-refractivity contribution in [3.8, 4) is 22.5 Å². The van der Waals surface area contributed by atoms with Crippen LogP contribution in [0, 0.1) is 12.7 Å². The van der Waals surface area contributed by atoms with E-state index >= 15 is 0 Å². The van der Waals surface area contributed by atoms with Crippen molar-refractivity contribution in [2.75, 3.05) is 19.4 Å². The summed E-state index contributed by atoms with van der Waals surface area (Å²) in [6.45, 7) is 5.01. The first-order valence-electron chi connectivity index (χ1n) is 8.91. The van der Waals surface area contributed by atoms with Gasteiger partial charge < -0.3 is 10.4 Å². The van der Waals surface area contributed by atoms with Crippen LogP contribution in [0.3, 0.4) is 0 Å². The zero-order valence-electron chi connectivity index (χ0n) is 16.7. The summed E-state index contributed by atoms with van der Waals surface area (Å²) in [5, 5.41) is 11.8. The van der Waals surface area contributed by atoms with Crippen molar-refractivity contribution in [2.24, 2.45) is 0 Å². The molecule has 30 heavy (non-hydrogen) atoms. The Balaban J connectivity index is 1.89. The minimum Gasteiger partial charge on any atom is -0.495 e. The number of rotatable bonds is 6. The molecule has 0 saturated carbocycles. The summed E-state index contributed by atoms with van der Waals surface area (Å²) in [6.07, 6.45) is 1.31. The Morgan fingerprint density at radius 1 is 1.13 bits per heavy atom. The van der Waals surface area contributed by atoms with Crippen LogP contribution in [0.1, 0.15) is 5.69 Å². The second-order valence-electron chi connectivity index (χ2n) is 6.77. The van der Waals surface area contributed by atoms with Crippen molar-refractivity contribution in [3.63, 3.8) is 0 Å². The van der Waals surface area contributed by atoms with Crippen LogP contribution in [0.5, 0.6) is 0 Å². The number of halogens is 1. The lowest BCUT2D eigenvalue weighted by atomic mass is 10.1. The van der Waals surface area contributed by atoms with E-state index in [1.807, 2.05) is 0 Å². The smallest absolute Gasteiger partial charge is 0.244 e. The highest BCUT2D eigenvalue weighted by molar-refractivity contribution is 7.89. The second kappa shape index (κ2) is 8.21. The molecule has 3 aromatic rings. The van der Waals surface area contributed by atoms with E-state index in [4.69, 9.17) is 0 Å². The van der Waals surface area contributed by atoms with Gasteiger partial charge in [0.15, 0.2) is 11.7 Å². The van der Waals surface area contributed by atoms with Crippen LogP contribution in [0.4, 0.5) is 10.1 Å². The molecule has 3 rings (SSSR count). The number of hydrogen-bond acceptors (Lipinski definition) is 6. The Kier molecular flexibility index (Phi) is 5.86. The van der Waals surface area contributed by atoms with Crippen molar-refractivity contribution in [1.29, 1.82) is 0 Å². The lowest BCUT2D eigenvalue weighted by Gasteiger charge is -2.12. The van der Waals surface area contributed by atoms with Gasteiger partial charge in [-0.3, -0.25) is 4.98 Å². The summed E-state index contributed by atoms with van der Waals surface area (Å²) in [5.41, 5.74) is 2.92. The van der Waals surface area contributed by atoms with Crippen LogP contribution in [-0.2, 0) is 10.0 Å². The third kappa shape index (κ3) is 4.32. The molecular weight excluding hydrogens is 407 g/mol. The van der Waals surface area contributed by atoms with Crippen LogP contribution in [0.2, 0.25) is 0 Å². The molecule has 0 aliphatic rings. The fourth-order valence-corrected chi connectivity index (χ4v) is 3.63. The normalized spacial score (nSPS) is 11.5. The molecule has 0 aliphatic heterocycles. The molecular formula is C21H21FN4O3S. The first-order chi connectivity index (χ1) is 14.1. The number of nitrogens with one attached hydrogen (secondary N) is 1. The zero-order valence-corrected chi connectivity index (χ0v) is 17.5. The topological polar surface area (TPSA) is 95.4 Å². The molecule has 0 radical (unpaired) electrons. The van der Waals surface area contributed by atoms with Crippen molar-refractivity contribution < 1.29 is 17.9 Å². The molecule has 156 valence electrons. The van der Waals surface area contributed by atoms with E-state index in [0.717, 1.165) is 9.87 Å². The van der Waals surface area contributed by atoms with Gasteiger partial charge in [0, 0.05) is 37.5 Å². The van der Waals surface area contributed by atoms with Crippen LogP contribution < -0.4 is 5.32 Å². The predicted molar refractivity (Wildman–Crippen MR) is 114 cm³/mol. The lowest BCUT2D eigenvalue weighted by molar-refractivity contribution is 0.422. The predicted octanol–water partition coefficient (Wildman–Crippen LogP) is 3.95. The van der Waals surface area contributed by atoms with E-state index < -0.39 is 15.8 Å². The number of aliphatic hydroxyl groups is 1. The van der Waals surface area contributed by atoms with Crippen LogP contribution in [-0.4, -0.2) is 41.9 Å². The molecule has 0 spiro atoms. The molecule has 9 heteroatoms. The monoisotopic (exact) mass is 428 g/mol. The molecule has 0 aliphatic carbocycles. The zero-order chi connectivity index (χ0) is 22.1. The molecule has 0 amide bonds. The summed E-state index contributed by atoms with van der Waals surface area (Å²) >= 11 is 0. The van der Waals surface area contributed by atoms with Gasteiger partial charge in [0.2, 0.25) is 10.0 Å². The standard InChI is InChI=1S/C21H21FN4O3S/c1-13-20(25-14(2)27)11-18(22)21(24-13)16-7-5-15(6-8-16)19-10-9-17(12-23-19)30(28,29)26(3)4/h5-12,25,27H,2H2,1,3-4H3. The summed E-state index contributed by atoms with van der Waals surface area (Å²) < 4.78 is 39.9. The van der Waals surface area contributed by atoms with Crippen LogP contribution >= 0.6 is 0 Å². The molecule has 7 nitrogen and oxygen atoms in total. The summed E-state index contributed by atoms with van der Waals surface area (Å²) in [6, 6.07) is 11.3. The molecule has 1 aromatic carbocycles. The molecule has 0 saturated heterocycles. The summed E-state index contributed by atoms with van der Waals surface area (Å²) in [5.74, 6) is -0.846. The van der Waals surface area contributed by atoms with Gasteiger partial charge >= 0.3 is 0 Å². The fourth-order valence-electron chi connectivity index (χ4n) is 2.78. The van der Waals surface area contributed by atoms with Crippen LogP contribution in [0.15, 0.2) is 66.0 Å². The van der Waals surface area contributed by atoms with Gasteiger partial charge in [0.1, 0.15) is 10.6 Å². The first kappa shape index (κ1) is 21.4. The Morgan fingerprint density at radius 2 is 1.77 bits per heavy atom. The van der Waals surface area contributed by atoms with E-state index in [9.17, 15) is 17.9 Å². The molecule has 2 heterocycles. The van der Waals surface area contributed by atoms with Gasteiger partial charge in [-0.25, -0.2) is 22.1 Å². The number of aryl methyl sites for hydroxylation is 1. The quantitative estimate of drug-likeness (QED) is 0.577. The second-order valence-corrected chi connectivity index (χ2v) is 8.92. The average Bonchev–Trinajstić information content (AvgIpc) is 2.70. The number of sulfonamides is 1. The lowest BCUT2D eigenvalue weighted by Crippen LogP contribution is -2.22. The number of benzene rings is 1. The van der Waals surface area contributed by atoms with Gasteiger partial charge in [-0.15, -0.1) is 0 Å². The van der Waals surface area contributed by atoms with Gasteiger partial charge in [-0.05, 0) is 25.6 Å². The maximum Gasteiger partial charge on any atom is 0.244 e. The number of anilines is 1. The number of aromatic nitrogens is 2. The minimum atomic E-state index is -3.54. The fraction of sp³-hybridized carbons (Fsp3) is 0.143. The summed E-state index contributed by atoms with van der Waals surface area (Å²) in [4.78, 5) is 8.62. The van der Waals surface area contributed by atoms with Gasteiger partial charge in [-0.2, -0.15) is 0 Å². The highest BCUT2D eigenvalue weighted by Gasteiger charge is 2.17. The van der Waals surface area contributed by atoms with E-state index in [-0.39, 0.29) is 16.5 Å². The van der Waals surface area contributed by atoms with Crippen LogP contribution in [0.25, 0.3) is 22.5 Å². The highest BCUT2D eigenvalue weighted by atomic mass is 32.2. The number of hydrogen-bond donors (Lipinski definition) is 2. The molecule has 0 atom stereocenters. The van der Waals surface area contributed by atoms with Crippen molar-refractivity contribution in [3.05, 3.63) is 72.6 Å². The molecule has 0 bridgehead atoms. The van der Waals surface area contributed by atoms with Gasteiger partial charge in [-0.1, -0.05) is 24.3 Å². The Hall–Kier alpha value is -3.30. The Labute approximate surface area is 174 Å². The highest BCUT2D eigenvalue weighted by Crippen LogP contribution is 2.28. The van der Waals surface area contributed by atoms with Gasteiger partial charge in [0.05, 0.1) is 17.1 Å². The molecule has 0 unspecified atom stereocenters. The molecule has 2 aromatic heterocycles. The average molecular weight is 428 g/mol. The summed E-state index contributed by atoms with van der Waals surface area (Å²) in [7, 11) is -0.628. The SMILES string of the molecule is C=C(O)Nc1cc(F)c(-c2ccc(-c3ccc(S(=O)(=O)N(C)C)cn3)cc2)nc1C. The first-order valence-corrected chi connectivity index (χ1v) is 10.3. The van der Waals surface area contributed by atoms with Crippen molar-refractivity contribution >= 4 is 15.7 Å². The Bertz CT molecular complexity index is 1190. The number of pyridine rings is 2. The maximum atomic E-state index is 14.5. The van der Waals surface area contributed by atoms with Crippen molar-refractivity contribution in [2.45, 2.75) is 11.8 Å². The van der Waals surface area contributed by atoms with E-state index in [0.29, 0.717) is 22.6 Å². The maximum absolute atomic E-state index is 14.5. The van der Waals surface area contributed by atoms with E-state index in [1.54, 1.807) is 37.3 Å². The van der Waals surface area contributed by atoms with E-state index in [2.05, 4.69) is 21.9 Å². The Morgan fingerprint density at radius 3 is 2.30 bits per heavy atom. The van der Waals surface area contributed by atoms with Crippen molar-refractivity contribution in [1.82, 2.24) is 14.3 Å². The minimum absolute atomic E-state index is 0.105. The largest absolute Gasteiger partial charge is 0.495 e. The number of aliphatic hydroxyl groups excluding tert-OH is 1.